The molecule has 1 N–H and O–H groups in total. The summed E-state index contributed by atoms with van der Waals surface area (Å²) in [5, 5.41) is 3.37. The first-order valence-corrected chi connectivity index (χ1v) is 7.98. The zero-order valence-electron chi connectivity index (χ0n) is 13.7. The molecule has 0 fully saturated rings. The molecule has 0 unspecified atom stereocenters. The van der Waals surface area contributed by atoms with Gasteiger partial charge in [0.2, 0.25) is 0 Å². The Balaban J connectivity index is 1.49. The highest BCUT2D eigenvalue weighted by molar-refractivity contribution is 5.92. The van der Waals surface area contributed by atoms with Crippen LogP contribution in [0.2, 0.25) is 0 Å². The van der Waals surface area contributed by atoms with Gasteiger partial charge in [-0.15, -0.1) is 0 Å². The van der Waals surface area contributed by atoms with Gasteiger partial charge in [0.25, 0.3) is 0 Å². The lowest BCUT2D eigenvalue weighted by molar-refractivity contribution is -0.134. The van der Waals surface area contributed by atoms with Gasteiger partial charge in [0.1, 0.15) is 11.5 Å². The van der Waals surface area contributed by atoms with Gasteiger partial charge >= 0.3 is 11.9 Å². The Hall–Kier alpha value is -2.14. The van der Waals surface area contributed by atoms with Gasteiger partial charge in [0.15, 0.2) is 0 Å². The smallest absolute Gasteiger partial charge is 0.339 e. The maximum absolute atomic E-state index is 11.2. The molecule has 23 heavy (non-hydrogen) atoms. The summed E-state index contributed by atoms with van der Waals surface area (Å²) >= 11 is 0. The highest BCUT2D eigenvalue weighted by Gasteiger charge is 2.16. The second kappa shape index (κ2) is 8.48. The van der Waals surface area contributed by atoms with E-state index in [1.165, 1.54) is 0 Å². The average molecular weight is 317 g/mol. The summed E-state index contributed by atoms with van der Waals surface area (Å²) in [6.07, 6.45) is 11.2. The van der Waals surface area contributed by atoms with Crippen molar-refractivity contribution >= 4 is 11.9 Å². The van der Waals surface area contributed by atoms with E-state index >= 15 is 0 Å². The van der Waals surface area contributed by atoms with E-state index in [1.807, 2.05) is 12.2 Å². The second-order valence-electron chi connectivity index (χ2n) is 5.68. The van der Waals surface area contributed by atoms with Gasteiger partial charge in [0, 0.05) is 11.1 Å². The highest BCUT2D eigenvalue weighted by Crippen LogP contribution is 2.17. The quantitative estimate of drug-likeness (QED) is 0.551. The first-order valence-electron chi connectivity index (χ1n) is 7.98. The molecule has 0 amide bonds. The molecule has 0 aromatic rings. The molecule has 2 aliphatic rings. The lowest BCUT2D eigenvalue weighted by atomic mass is 10.2. The zero-order chi connectivity index (χ0) is 16.7. The Morgan fingerprint density at radius 2 is 1.30 bits per heavy atom. The molecule has 0 bridgehead atoms. The summed E-state index contributed by atoms with van der Waals surface area (Å²) in [5.41, 5.74) is 1.31. The SMILES string of the molecule is CC1=C/C(=C/CCCNCCC/C=C2\C=C(C)C(=O)O2)OC1=O. The van der Waals surface area contributed by atoms with Gasteiger partial charge in [-0.2, -0.15) is 0 Å². The molecule has 2 rings (SSSR count). The third-order valence-electron chi connectivity index (χ3n) is 3.59. The van der Waals surface area contributed by atoms with E-state index in [1.54, 1.807) is 26.0 Å². The van der Waals surface area contributed by atoms with Gasteiger partial charge < -0.3 is 14.8 Å². The van der Waals surface area contributed by atoms with E-state index in [4.69, 9.17) is 9.47 Å². The van der Waals surface area contributed by atoms with Gasteiger partial charge in [0.05, 0.1) is 0 Å². The van der Waals surface area contributed by atoms with Gasteiger partial charge in [-0.25, -0.2) is 9.59 Å². The van der Waals surface area contributed by atoms with Crippen LogP contribution in [0.1, 0.15) is 39.5 Å². The Kier molecular flexibility index (Phi) is 6.35. The third-order valence-corrected chi connectivity index (χ3v) is 3.59. The molecule has 124 valence electrons. The van der Waals surface area contributed by atoms with Crippen LogP contribution in [0.5, 0.6) is 0 Å². The van der Waals surface area contributed by atoms with Crippen molar-refractivity contribution in [3.8, 4) is 0 Å². The summed E-state index contributed by atoms with van der Waals surface area (Å²) in [4.78, 5) is 22.3. The average Bonchev–Trinajstić information content (AvgIpc) is 2.99. The van der Waals surface area contributed by atoms with Crippen LogP contribution in [0.15, 0.2) is 47.0 Å². The fourth-order valence-electron chi connectivity index (χ4n) is 2.25. The summed E-state index contributed by atoms with van der Waals surface area (Å²) < 4.78 is 10.1. The van der Waals surface area contributed by atoms with E-state index in [0.29, 0.717) is 22.7 Å². The predicted octanol–water partition coefficient (Wildman–Crippen LogP) is 2.91. The fraction of sp³-hybridized carbons (Fsp3) is 0.444. The van der Waals surface area contributed by atoms with Crippen molar-refractivity contribution in [1.82, 2.24) is 5.32 Å². The Morgan fingerprint density at radius 3 is 1.65 bits per heavy atom. The molecule has 5 heteroatoms. The second-order valence-corrected chi connectivity index (χ2v) is 5.68. The number of carbonyl (C=O) groups is 2. The monoisotopic (exact) mass is 317 g/mol. The van der Waals surface area contributed by atoms with Gasteiger partial charge in [-0.1, -0.05) is 0 Å². The van der Waals surface area contributed by atoms with Crippen molar-refractivity contribution < 1.29 is 19.1 Å². The molecule has 0 radical (unpaired) electrons. The molecule has 0 spiro atoms. The van der Waals surface area contributed by atoms with E-state index in [2.05, 4.69) is 5.32 Å². The number of hydrogen-bond acceptors (Lipinski definition) is 5. The summed E-state index contributed by atoms with van der Waals surface area (Å²) in [5.74, 6) is 0.824. The molecule has 0 atom stereocenters. The minimum atomic E-state index is -0.249. The fourth-order valence-corrected chi connectivity index (χ4v) is 2.25. The maximum Gasteiger partial charge on any atom is 0.339 e. The van der Waals surface area contributed by atoms with Crippen LogP contribution < -0.4 is 5.32 Å². The number of carbonyl (C=O) groups excluding carboxylic acids is 2. The van der Waals surface area contributed by atoms with Crippen LogP contribution in [0.3, 0.4) is 0 Å². The van der Waals surface area contributed by atoms with Crippen LogP contribution in [0, 0.1) is 0 Å². The number of cyclic esters (lactones) is 2. The molecule has 2 heterocycles. The van der Waals surface area contributed by atoms with Gasteiger partial charge in [-0.05, 0) is 76.9 Å². The van der Waals surface area contributed by atoms with E-state index in [-0.39, 0.29) is 11.9 Å². The first kappa shape index (κ1) is 17.2. The van der Waals surface area contributed by atoms with Crippen LogP contribution >= 0.6 is 0 Å². The molecular weight excluding hydrogens is 294 g/mol. The molecule has 0 saturated carbocycles. The first-order chi connectivity index (χ1) is 11.1. The zero-order valence-corrected chi connectivity index (χ0v) is 13.7. The normalized spacial score (nSPS) is 20.8. The molecule has 0 saturated heterocycles. The Bertz CT molecular complexity index is 544. The minimum Gasteiger partial charge on any atom is -0.424 e. The van der Waals surface area contributed by atoms with Crippen molar-refractivity contribution in [2.24, 2.45) is 0 Å². The molecular formula is C18H23NO4. The number of esters is 2. The summed E-state index contributed by atoms with van der Waals surface area (Å²) in [6, 6.07) is 0. The number of unbranched alkanes of at least 4 members (excludes halogenated alkanes) is 2. The van der Waals surface area contributed by atoms with Crippen molar-refractivity contribution in [2.45, 2.75) is 39.5 Å². The van der Waals surface area contributed by atoms with E-state index in [0.717, 1.165) is 38.8 Å². The molecule has 2 aliphatic heterocycles. The maximum atomic E-state index is 11.2. The van der Waals surface area contributed by atoms with Crippen molar-refractivity contribution in [3.63, 3.8) is 0 Å². The molecule has 0 aliphatic carbocycles. The number of rotatable bonds is 8. The van der Waals surface area contributed by atoms with Crippen molar-refractivity contribution in [1.29, 1.82) is 0 Å². The number of allylic oxidation sites excluding steroid dienone is 4. The summed E-state index contributed by atoms with van der Waals surface area (Å²) in [6.45, 7) is 5.35. The van der Waals surface area contributed by atoms with Crippen LogP contribution in [-0.2, 0) is 19.1 Å². The Morgan fingerprint density at radius 1 is 0.870 bits per heavy atom. The topological polar surface area (TPSA) is 64.6 Å². The third kappa shape index (κ3) is 5.53. The van der Waals surface area contributed by atoms with Crippen LogP contribution in [-0.4, -0.2) is 25.0 Å². The lowest BCUT2D eigenvalue weighted by Gasteiger charge is -2.02. The van der Waals surface area contributed by atoms with Crippen LogP contribution in [0.25, 0.3) is 0 Å². The number of hydrogen-bond donors (Lipinski definition) is 1. The van der Waals surface area contributed by atoms with Crippen molar-refractivity contribution in [2.75, 3.05) is 13.1 Å². The predicted molar refractivity (Wildman–Crippen MR) is 87.2 cm³/mol. The number of ether oxygens (including phenoxy) is 2. The highest BCUT2D eigenvalue weighted by atomic mass is 16.5. The molecule has 0 aromatic carbocycles. The molecule has 5 nitrogen and oxygen atoms in total. The standard InChI is InChI=1S/C18H23NO4/c1-13-11-15(22-17(13)20)7-3-5-9-19-10-6-4-8-16-12-14(2)18(21)23-16/h7-8,11-12,19H,3-6,9-10H2,1-2H3/b15-7-,16-8+. The van der Waals surface area contributed by atoms with E-state index < -0.39 is 0 Å². The molecule has 0 aromatic heterocycles. The van der Waals surface area contributed by atoms with Gasteiger partial charge in [-0.3, -0.25) is 0 Å². The largest absolute Gasteiger partial charge is 0.424 e. The summed E-state index contributed by atoms with van der Waals surface area (Å²) in [7, 11) is 0. The van der Waals surface area contributed by atoms with Crippen LogP contribution in [0.4, 0.5) is 0 Å². The lowest BCUT2D eigenvalue weighted by Crippen LogP contribution is -2.16. The Labute approximate surface area is 136 Å². The number of nitrogens with one attached hydrogen (secondary N) is 1. The van der Waals surface area contributed by atoms with Crippen molar-refractivity contribution in [3.05, 3.63) is 47.0 Å². The minimum absolute atomic E-state index is 0.249. The van der Waals surface area contributed by atoms with E-state index in [9.17, 15) is 9.59 Å².